The molecule has 0 aromatic carbocycles. The van der Waals surface area contributed by atoms with Crippen LogP contribution < -0.4 is 5.32 Å². The fraction of sp³-hybridized carbons (Fsp3) is 0.889. The lowest BCUT2D eigenvalue weighted by atomic mass is 9.95. The molecule has 0 aliphatic carbocycles. The summed E-state index contributed by atoms with van der Waals surface area (Å²) in [5, 5.41) is 3.80. The topological polar surface area (TPSA) is 29.1 Å². The molecule has 0 aromatic heterocycles. The zero-order valence-electron chi connectivity index (χ0n) is 8.28. The average molecular weight is 236 g/mol. The van der Waals surface area contributed by atoms with E-state index < -0.39 is 0 Å². The standard InChI is InChI=1S/C9H18BrNO/c1-5-7(6-10)11-8(12)9(2,3)4/h7H,5-6H2,1-4H3,(H,11,12). The second kappa shape index (κ2) is 4.85. The fourth-order valence-corrected chi connectivity index (χ4v) is 1.27. The molecule has 0 aromatic rings. The maximum atomic E-state index is 11.5. The molecule has 0 saturated carbocycles. The van der Waals surface area contributed by atoms with Crippen molar-refractivity contribution in [2.75, 3.05) is 5.33 Å². The van der Waals surface area contributed by atoms with Gasteiger partial charge in [0.25, 0.3) is 0 Å². The minimum absolute atomic E-state index is 0.119. The molecule has 1 N–H and O–H groups in total. The van der Waals surface area contributed by atoms with Gasteiger partial charge >= 0.3 is 0 Å². The van der Waals surface area contributed by atoms with Gasteiger partial charge in [0.05, 0.1) is 0 Å². The summed E-state index contributed by atoms with van der Waals surface area (Å²) in [5.74, 6) is 0.119. The van der Waals surface area contributed by atoms with E-state index in [1.807, 2.05) is 20.8 Å². The number of amides is 1. The molecule has 0 heterocycles. The number of alkyl halides is 1. The van der Waals surface area contributed by atoms with Gasteiger partial charge in [-0.05, 0) is 6.42 Å². The number of hydrogen-bond acceptors (Lipinski definition) is 1. The van der Waals surface area contributed by atoms with Crippen molar-refractivity contribution >= 4 is 21.8 Å². The smallest absolute Gasteiger partial charge is 0.225 e. The molecule has 0 saturated heterocycles. The summed E-state index contributed by atoms with van der Waals surface area (Å²) in [6.45, 7) is 7.82. The molecule has 12 heavy (non-hydrogen) atoms. The molecule has 1 atom stereocenters. The molecule has 0 bridgehead atoms. The van der Waals surface area contributed by atoms with E-state index in [1.54, 1.807) is 0 Å². The molecule has 0 aliphatic rings. The number of hydrogen-bond donors (Lipinski definition) is 1. The summed E-state index contributed by atoms with van der Waals surface area (Å²) in [4.78, 5) is 11.5. The summed E-state index contributed by atoms with van der Waals surface area (Å²) in [7, 11) is 0. The summed E-state index contributed by atoms with van der Waals surface area (Å²) in [6, 6.07) is 0.261. The highest BCUT2D eigenvalue weighted by Crippen LogP contribution is 2.13. The van der Waals surface area contributed by atoms with Crippen LogP contribution in [-0.2, 0) is 4.79 Å². The van der Waals surface area contributed by atoms with E-state index in [4.69, 9.17) is 0 Å². The molecule has 0 fully saturated rings. The van der Waals surface area contributed by atoms with Crippen molar-refractivity contribution in [3.8, 4) is 0 Å². The predicted octanol–water partition coefficient (Wildman–Crippen LogP) is 2.32. The van der Waals surface area contributed by atoms with Gasteiger partial charge in [-0.15, -0.1) is 0 Å². The van der Waals surface area contributed by atoms with Crippen LogP contribution in [0.5, 0.6) is 0 Å². The van der Waals surface area contributed by atoms with Crippen LogP contribution in [0.4, 0.5) is 0 Å². The lowest BCUT2D eigenvalue weighted by Gasteiger charge is -2.22. The molecule has 0 spiro atoms. The Balaban J connectivity index is 3.99. The van der Waals surface area contributed by atoms with Gasteiger partial charge in [-0.1, -0.05) is 43.6 Å². The third kappa shape index (κ3) is 4.10. The first kappa shape index (κ1) is 11.9. The second-order valence-corrected chi connectivity index (χ2v) is 4.63. The van der Waals surface area contributed by atoms with Gasteiger partial charge in [-0.25, -0.2) is 0 Å². The van der Waals surface area contributed by atoms with E-state index in [0.29, 0.717) is 0 Å². The number of rotatable bonds is 3. The van der Waals surface area contributed by atoms with Crippen molar-refractivity contribution in [2.24, 2.45) is 5.41 Å². The molecule has 0 radical (unpaired) electrons. The van der Waals surface area contributed by atoms with Gasteiger partial charge in [-0.2, -0.15) is 0 Å². The highest BCUT2D eigenvalue weighted by Gasteiger charge is 2.22. The monoisotopic (exact) mass is 235 g/mol. The van der Waals surface area contributed by atoms with Crippen LogP contribution >= 0.6 is 15.9 Å². The van der Waals surface area contributed by atoms with Crippen LogP contribution in [0.2, 0.25) is 0 Å². The average Bonchev–Trinajstić information content (AvgIpc) is 1.97. The first-order chi connectivity index (χ1) is 5.41. The fourth-order valence-electron chi connectivity index (χ4n) is 0.652. The molecular formula is C9H18BrNO. The Labute approximate surface area is 83.2 Å². The minimum atomic E-state index is -0.282. The summed E-state index contributed by atoms with van der Waals surface area (Å²) < 4.78 is 0. The first-order valence-electron chi connectivity index (χ1n) is 4.28. The summed E-state index contributed by atoms with van der Waals surface area (Å²) >= 11 is 3.36. The SMILES string of the molecule is CCC(CBr)NC(=O)C(C)(C)C. The lowest BCUT2D eigenvalue weighted by Crippen LogP contribution is -2.42. The maximum absolute atomic E-state index is 11.5. The largest absolute Gasteiger partial charge is 0.352 e. The van der Waals surface area contributed by atoms with E-state index in [9.17, 15) is 4.79 Å². The molecule has 2 nitrogen and oxygen atoms in total. The van der Waals surface area contributed by atoms with Crippen molar-refractivity contribution in [1.29, 1.82) is 0 Å². The number of carbonyl (C=O) groups is 1. The number of halogens is 1. The second-order valence-electron chi connectivity index (χ2n) is 3.98. The van der Waals surface area contributed by atoms with E-state index in [-0.39, 0.29) is 17.4 Å². The molecular weight excluding hydrogens is 218 g/mol. The van der Waals surface area contributed by atoms with Gasteiger partial charge in [-0.3, -0.25) is 4.79 Å². The Kier molecular flexibility index (Phi) is 4.83. The molecule has 3 heteroatoms. The minimum Gasteiger partial charge on any atom is -0.352 e. The maximum Gasteiger partial charge on any atom is 0.225 e. The van der Waals surface area contributed by atoms with Crippen LogP contribution in [0.25, 0.3) is 0 Å². The highest BCUT2D eigenvalue weighted by molar-refractivity contribution is 9.09. The van der Waals surface area contributed by atoms with E-state index >= 15 is 0 Å². The highest BCUT2D eigenvalue weighted by atomic mass is 79.9. The van der Waals surface area contributed by atoms with Gasteiger partial charge in [0, 0.05) is 16.8 Å². The molecule has 72 valence electrons. The van der Waals surface area contributed by atoms with E-state index in [1.165, 1.54) is 0 Å². The van der Waals surface area contributed by atoms with Crippen molar-refractivity contribution < 1.29 is 4.79 Å². The Hall–Kier alpha value is -0.0500. The molecule has 1 unspecified atom stereocenters. The van der Waals surface area contributed by atoms with Crippen LogP contribution in [0, 0.1) is 5.41 Å². The quantitative estimate of drug-likeness (QED) is 0.748. The predicted molar refractivity (Wildman–Crippen MR) is 55.5 cm³/mol. The van der Waals surface area contributed by atoms with Crippen molar-refractivity contribution in [3.63, 3.8) is 0 Å². The zero-order valence-corrected chi connectivity index (χ0v) is 9.86. The third-order valence-electron chi connectivity index (χ3n) is 1.70. The zero-order chi connectivity index (χ0) is 9.78. The van der Waals surface area contributed by atoms with Gasteiger partial charge in [0.1, 0.15) is 0 Å². The van der Waals surface area contributed by atoms with E-state index in [2.05, 4.69) is 28.2 Å². The van der Waals surface area contributed by atoms with Gasteiger partial charge in [0.2, 0.25) is 5.91 Å². The van der Waals surface area contributed by atoms with Crippen LogP contribution in [0.1, 0.15) is 34.1 Å². The Bertz CT molecular complexity index is 147. The Morgan fingerprint density at radius 2 is 2.00 bits per heavy atom. The first-order valence-corrected chi connectivity index (χ1v) is 5.41. The van der Waals surface area contributed by atoms with Crippen LogP contribution in [0.15, 0.2) is 0 Å². The van der Waals surface area contributed by atoms with Gasteiger partial charge in [0.15, 0.2) is 0 Å². The van der Waals surface area contributed by atoms with Crippen molar-refractivity contribution in [2.45, 2.75) is 40.2 Å². The van der Waals surface area contributed by atoms with Crippen LogP contribution in [0.3, 0.4) is 0 Å². The Morgan fingerprint density at radius 3 is 2.25 bits per heavy atom. The lowest BCUT2D eigenvalue weighted by molar-refractivity contribution is -0.129. The molecule has 1 amide bonds. The number of nitrogens with one attached hydrogen (secondary N) is 1. The van der Waals surface area contributed by atoms with Gasteiger partial charge < -0.3 is 5.32 Å². The normalized spacial score (nSPS) is 14.1. The van der Waals surface area contributed by atoms with Crippen molar-refractivity contribution in [3.05, 3.63) is 0 Å². The van der Waals surface area contributed by atoms with E-state index in [0.717, 1.165) is 11.8 Å². The number of carbonyl (C=O) groups excluding carboxylic acids is 1. The third-order valence-corrected chi connectivity index (χ3v) is 2.48. The molecule has 0 rings (SSSR count). The summed E-state index contributed by atoms with van der Waals surface area (Å²) in [6.07, 6.45) is 0.965. The van der Waals surface area contributed by atoms with Crippen molar-refractivity contribution in [1.82, 2.24) is 5.32 Å². The van der Waals surface area contributed by atoms with Crippen LogP contribution in [-0.4, -0.2) is 17.3 Å². The molecule has 0 aliphatic heterocycles. The Morgan fingerprint density at radius 1 is 1.50 bits per heavy atom. The summed E-state index contributed by atoms with van der Waals surface area (Å²) in [5.41, 5.74) is -0.282.